The zero-order chi connectivity index (χ0) is 19.9. The molecule has 4 rings (SSSR count). The highest BCUT2D eigenvalue weighted by Gasteiger charge is 2.08. The Morgan fingerprint density at radius 3 is 2.48 bits per heavy atom. The smallest absolute Gasteiger partial charge is 0.271 e. The molecule has 4 aromatic rings. The molecule has 9 heteroatoms. The first kappa shape index (κ1) is 18.2. The molecule has 3 heterocycles. The fourth-order valence-corrected chi connectivity index (χ4v) is 2.60. The zero-order valence-corrected chi connectivity index (χ0v) is 15.4. The molecular weight excluding hydrogens is 368 g/mol. The molecule has 0 aliphatic carbocycles. The normalized spacial score (nSPS) is 10.5. The van der Waals surface area contributed by atoms with E-state index >= 15 is 0 Å². The molecule has 1 amide bonds. The van der Waals surface area contributed by atoms with E-state index in [0.717, 1.165) is 11.2 Å². The number of pyridine rings is 1. The van der Waals surface area contributed by atoms with Crippen molar-refractivity contribution >= 4 is 34.3 Å². The molecule has 0 saturated heterocycles. The number of benzene rings is 1. The van der Waals surface area contributed by atoms with Crippen molar-refractivity contribution < 1.29 is 4.79 Å². The summed E-state index contributed by atoms with van der Waals surface area (Å²) in [5.74, 6) is 0.959. The second-order valence-electron chi connectivity index (χ2n) is 6.10. The molecule has 0 radical (unpaired) electrons. The summed E-state index contributed by atoms with van der Waals surface area (Å²) < 4.78 is 0. The Morgan fingerprint density at radius 2 is 1.69 bits per heavy atom. The van der Waals surface area contributed by atoms with E-state index in [9.17, 15) is 4.79 Å². The Bertz CT molecular complexity index is 1100. The van der Waals surface area contributed by atoms with Crippen LogP contribution in [0.1, 0.15) is 10.5 Å². The van der Waals surface area contributed by atoms with Gasteiger partial charge in [0.15, 0.2) is 5.82 Å². The average Bonchev–Trinajstić information content (AvgIpc) is 2.78. The lowest BCUT2D eigenvalue weighted by molar-refractivity contribution is 0.0950. The maximum atomic E-state index is 12.2. The van der Waals surface area contributed by atoms with Crippen LogP contribution in [-0.2, 0) is 0 Å². The molecule has 3 aromatic heterocycles. The summed E-state index contributed by atoms with van der Waals surface area (Å²) in [4.78, 5) is 24.8. The SMILES string of the molecule is O=C(NCCNc1ccc(Nc2cccnc2)nn1)c1cnc2ccccc2n1. The van der Waals surface area contributed by atoms with Gasteiger partial charge in [-0.1, -0.05) is 12.1 Å². The molecule has 0 unspecified atom stereocenters. The average molecular weight is 386 g/mol. The van der Waals surface area contributed by atoms with Gasteiger partial charge in [0.05, 0.1) is 29.1 Å². The molecule has 0 aliphatic rings. The number of fused-ring (bicyclic) bond motifs is 1. The number of carbonyl (C=O) groups is 1. The Labute approximate surface area is 166 Å². The molecular formula is C20H18N8O. The van der Waals surface area contributed by atoms with E-state index in [0.29, 0.717) is 30.2 Å². The third-order valence-corrected chi connectivity index (χ3v) is 4.00. The van der Waals surface area contributed by atoms with Crippen molar-refractivity contribution in [2.24, 2.45) is 0 Å². The number of anilines is 3. The quantitative estimate of drug-likeness (QED) is 0.415. The number of hydrogen-bond donors (Lipinski definition) is 3. The highest BCUT2D eigenvalue weighted by molar-refractivity contribution is 5.93. The summed E-state index contributed by atoms with van der Waals surface area (Å²) in [5, 5.41) is 17.2. The van der Waals surface area contributed by atoms with E-state index in [1.165, 1.54) is 6.20 Å². The maximum absolute atomic E-state index is 12.2. The Balaban J connectivity index is 1.25. The first-order valence-corrected chi connectivity index (χ1v) is 9.02. The van der Waals surface area contributed by atoms with Crippen molar-refractivity contribution in [3.8, 4) is 0 Å². The van der Waals surface area contributed by atoms with Crippen molar-refractivity contribution in [2.45, 2.75) is 0 Å². The van der Waals surface area contributed by atoms with Gasteiger partial charge < -0.3 is 16.0 Å². The van der Waals surface area contributed by atoms with Crippen LogP contribution in [0.5, 0.6) is 0 Å². The van der Waals surface area contributed by atoms with Crippen LogP contribution < -0.4 is 16.0 Å². The molecule has 0 spiro atoms. The minimum absolute atomic E-state index is 0.271. The van der Waals surface area contributed by atoms with E-state index in [2.05, 4.69) is 41.1 Å². The van der Waals surface area contributed by atoms with Crippen LogP contribution in [0.3, 0.4) is 0 Å². The molecule has 0 fully saturated rings. The third-order valence-electron chi connectivity index (χ3n) is 4.00. The lowest BCUT2D eigenvalue weighted by atomic mass is 10.3. The number of nitrogens with zero attached hydrogens (tertiary/aromatic N) is 5. The number of hydrogen-bond acceptors (Lipinski definition) is 8. The van der Waals surface area contributed by atoms with Gasteiger partial charge in [0, 0.05) is 19.3 Å². The predicted octanol–water partition coefficient (Wildman–Crippen LogP) is 2.40. The molecule has 0 saturated carbocycles. The van der Waals surface area contributed by atoms with Crippen LogP contribution >= 0.6 is 0 Å². The molecule has 144 valence electrons. The number of aromatic nitrogens is 5. The second kappa shape index (κ2) is 8.70. The topological polar surface area (TPSA) is 118 Å². The van der Waals surface area contributed by atoms with E-state index in [1.807, 2.05) is 48.5 Å². The van der Waals surface area contributed by atoms with E-state index in [1.54, 1.807) is 12.4 Å². The highest BCUT2D eigenvalue weighted by atomic mass is 16.1. The molecule has 0 bridgehead atoms. The van der Waals surface area contributed by atoms with Crippen molar-refractivity contribution in [3.63, 3.8) is 0 Å². The standard InChI is InChI=1S/C20H18N8O/c29-20(17-13-24-15-5-1-2-6-16(15)26-17)23-11-10-22-18-7-8-19(28-27-18)25-14-4-3-9-21-12-14/h1-9,12-13H,10-11H2,(H,22,27)(H,23,29)(H,25,28). The highest BCUT2D eigenvalue weighted by Crippen LogP contribution is 2.13. The monoisotopic (exact) mass is 386 g/mol. The summed E-state index contributed by atoms with van der Waals surface area (Å²) in [5.41, 5.74) is 2.57. The van der Waals surface area contributed by atoms with Crippen LogP contribution in [-0.4, -0.2) is 44.1 Å². The van der Waals surface area contributed by atoms with Crippen molar-refractivity contribution in [1.29, 1.82) is 0 Å². The fraction of sp³-hybridized carbons (Fsp3) is 0.100. The lowest BCUT2D eigenvalue weighted by Gasteiger charge is -2.08. The zero-order valence-electron chi connectivity index (χ0n) is 15.4. The molecule has 0 atom stereocenters. The molecule has 0 aliphatic heterocycles. The van der Waals surface area contributed by atoms with Gasteiger partial charge in [-0.3, -0.25) is 14.8 Å². The summed E-state index contributed by atoms with van der Waals surface area (Å²) >= 11 is 0. The third kappa shape index (κ3) is 4.78. The van der Waals surface area contributed by atoms with Crippen molar-refractivity contribution in [1.82, 2.24) is 30.5 Å². The van der Waals surface area contributed by atoms with Gasteiger partial charge >= 0.3 is 0 Å². The number of rotatable bonds is 7. The van der Waals surface area contributed by atoms with E-state index in [4.69, 9.17) is 0 Å². The van der Waals surface area contributed by atoms with Gasteiger partial charge in [-0.05, 0) is 36.4 Å². The van der Waals surface area contributed by atoms with Crippen LogP contribution in [0, 0.1) is 0 Å². The maximum Gasteiger partial charge on any atom is 0.271 e. The number of para-hydroxylation sites is 2. The second-order valence-corrected chi connectivity index (χ2v) is 6.10. The van der Waals surface area contributed by atoms with Gasteiger partial charge in [-0.2, -0.15) is 0 Å². The Hall–Kier alpha value is -4.14. The van der Waals surface area contributed by atoms with Gasteiger partial charge in [0.2, 0.25) is 0 Å². The predicted molar refractivity (Wildman–Crippen MR) is 110 cm³/mol. The number of carbonyl (C=O) groups excluding carboxylic acids is 1. The molecule has 29 heavy (non-hydrogen) atoms. The summed E-state index contributed by atoms with van der Waals surface area (Å²) in [6.07, 6.45) is 4.89. The lowest BCUT2D eigenvalue weighted by Crippen LogP contribution is -2.29. The summed E-state index contributed by atoms with van der Waals surface area (Å²) in [6, 6.07) is 14.8. The van der Waals surface area contributed by atoms with Crippen LogP contribution in [0.25, 0.3) is 11.0 Å². The molecule has 1 aromatic carbocycles. The fourth-order valence-electron chi connectivity index (χ4n) is 2.60. The molecule has 9 nitrogen and oxygen atoms in total. The minimum atomic E-state index is -0.271. The minimum Gasteiger partial charge on any atom is -0.367 e. The Kier molecular flexibility index (Phi) is 5.47. The number of nitrogens with one attached hydrogen (secondary N) is 3. The summed E-state index contributed by atoms with van der Waals surface area (Å²) in [6.45, 7) is 0.904. The van der Waals surface area contributed by atoms with Gasteiger partial charge in [0.25, 0.3) is 5.91 Å². The van der Waals surface area contributed by atoms with Gasteiger partial charge in [-0.25, -0.2) is 4.98 Å². The van der Waals surface area contributed by atoms with Crippen LogP contribution in [0.2, 0.25) is 0 Å². The van der Waals surface area contributed by atoms with Gasteiger partial charge in [0.1, 0.15) is 11.5 Å². The Morgan fingerprint density at radius 1 is 0.862 bits per heavy atom. The number of amides is 1. The van der Waals surface area contributed by atoms with Gasteiger partial charge in [-0.15, -0.1) is 10.2 Å². The largest absolute Gasteiger partial charge is 0.367 e. The van der Waals surface area contributed by atoms with Crippen molar-refractivity contribution in [3.05, 3.63) is 72.8 Å². The van der Waals surface area contributed by atoms with Crippen molar-refractivity contribution in [2.75, 3.05) is 23.7 Å². The summed E-state index contributed by atoms with van der Waals surface area (Å²) in [7, 11) is 0. The molecule has 3 N–H and O–H groups in total. The first-order chi connectivity index (χ1) is 14.3. The van der Waals surface area contributed by atoms with E-state index in [-0.39, 0.29) is 11.6 Å². The van der Waals surface area contributed by atoms with Crippen LogP contribution in [0.15, 0.2) is 67.1 Å². The van der Waals surface area contributed by atoms with E-state index < -0.39 is 0 Å². The van der Waals surface area contributed by atoms with Crippen LogP contribution in [0.4, 0.5) is 17.3 Å². The first-order valence-electron chi connectivity index (χ1n) is 9.02.